The smallest absolute Gasteiger partial charge is 0.398 e. The number of alkyl halides is 3. The molecule has 0 aliphatic carbocycles. The molecular weight excluding hydrogens is 289 g/mol. The first-order chi connectivity index (χ1) is 9.79. The molecule has 0 aliphatic rings. The van der Waals surface area contributed by atoms with Crippen molar-refractivity contribution in [2.24, 2.45) is 0 Å². The van der Waals surface area contributed by atoms with E-state index in [1.54, 1.807) is 0 Å². The molecule has 1 atom stereocenters. The third-order valence-corrected chi connectivity index (χ3v) is 2.80. The van der Waals surface area contributed by atoms with E-state index in [0.29, 0.717) is 0 Å². The van der Waals surface area contributed by atoms with Gasteiger partial charge >= 0.3 is 6.18 Å². The molecule has 21 heavy (non-hydrogen) atoms. The zero-order valence-electron chi connectivity index (χ0n) is 11.7. The van der Waals surface area contributed by atoms with Gasteiger partial charge in [-0.1, -0.05) is 0 Å². The van der Waals surface area contributed by atoms with E-state index in [4.69, 9.17) is 15.2 Å². The summed E-state index contributed by atoms with van der Waals surface area (Å²) in [5, 5.41) is 2.48. The summed E-state index contributed by atoms with van der Waals surface area (Å²) in [5.74, 6) is -0.640. The second-order valence-electron chi connectivity index (χ2n) is 4.32. The fourth-order valence-corrected chi connectivity index (χ4v) is 1.65. The second-order valence-corrected chi connectivity index (χ2v) is 4.32. The third kappa shape index (κ3) is 4.91. The quantitative estimate of drug-likeness (QED) is 0.784. The Morgan fingerprint density at radius 1 is 1.38 bits per heavy atom. The van der Waals surface area contributed by atoms with E-state index >= 15 is 0 Å². The fourth-order valence-electron chi connectivity index (χ4n) is 1.65. The highest BCUT2D eigenvalue weighted by molar-refractivity contribution is 5.94. The Morgan fingerprint density at radius 3 is 2.57 bits per heavy atom. The summed E-state index contributed by atoms with van der Waals surface area (Å²) in [6.45, 7) is 0.376. The number of carbonyl (C=O) groups excluding carboxylic acids is 1. The van der Waals surface area contributed by atoms with Crippen LogP contribution < -0.4 is 11.1 Å². The highest BCUT2D eigenvalue weighted by atomic mass is 19.4. The standard InChI is InChI=1S/C13H17F3N2O3/c1-20-7-9(21-2)6-18-12(19)8-3-4-11(17)10(5-8)13(14,15)16/h3-5,9H,6-7,17H2,1-2H3,(H,18,19). The van der Waals surface area contributed by atoms with E-state index in [9.17, 15) is 18.0 Å². The number of ether oxygens (including phenoxy) is 2. The first kappa shape index (κ1) is 17.3. The summed E-state index contributed by atoms with van der Waals surface area (Å²) in [5.41, 5.74) is 3.69. The lowest BCUT2D eigenvalue weighted by Crippen LogP contribution is -2.35. The minimum atomic E-state index is -4.61. The van der Waals surface area contributed by atoms with Crippen LogP contribution in [0, 0.1) is 0 Å². The third-order valence-electron chi connectivity index (χ3n) is 2.80. The predicted octanol–water partition coefficient (Wildman–Crippen LogP) is 1.68. The first-order valence-electron chi connectivity index (χ1n) is 6.06. The summed E-state index contributed by atoms with van der Waals surface area (Å²) in [4.78, 5) is 11.8. The number of anilines is 1. The molecule has 0 spiro atoms. The molecule has 1 rings (SSSR count). The Labute approximate surface area is 120 Å². The highest BCUT2D eigenvalue weighted by Gasteiger charge is 2.33. The maximum absolute atomic E-state index is 12.7. The highest BCUT2D eigenvalue weighted by Crippen LogP contribution is 2.33. The van der Waals surface area contributed by atoms with Gasteiger partial charge in [-0.05, 0) is 18.2 Å². The molecule has 0 radical (unpaired) electrons. The predicted molar refractivity (Wildman–Crippen MR) is 70.9 cm³/mol. The van der Waals surface area contributed by atoms with Crippen LogP contribution >= 0.6 is 0 Å². The van der Waals surface area contributed by atoms with Crippen LogP contribution in [0.5, 0.6) is 0 Å². The molecule has 0 aliphatic heterocycles. The number of halogens is 3. The molecule has 118 valence electrons. The van der Waals surface area contributed by atoms with Gasteiger partial charge < -0.3 is 20.5 Å². The number of benzene rings is 1. The van der Waals surface area contributed by atoms with Crippen LogP contribution in [0.2, 0.25) is 0 Å². The number of nitrogen functional groups attached to an aromatic ring is 1. The van der Waals surface area contributed by atoms with Crippen LogP contribution in [0.15, 0.2) is 18.2 Å². The van der Waals surface area contributed by atoms with Crippen molar-refractivity contribution in [1.29, 1.82) is 0 Å². The van der Waals surface area contributed by atoms with Crippen LogP contribution in [0.1, 0.15) is 15.9 Å². The Hall–Kier alpha value is -1.80. The molecular formula is C13H17F3N2O3. The summed E-state index contributed by atoms with van der Waals surface area (Å²) in [6, 6.07) is 3.02. The first-order valence-corrected chi connectivity index (χ1v) is 6.06. The van der Waals surface area contributed by atoms with Gasteiger partial charge in [-0.25, -0.2) is 0 Å². The average molecular weight is 306 g/mol. The number of hydrogen-bond donors (Lipinski definition) is 2. The van der Waals surface area contributed by atoms with Gasteiger partial charge in [0.1, 0.15) is 0 Å². The van der Waals surface area contributed by atoms with Crippen molar-refractivity contribution in [2.75, 3.05) is 33.1 Å². The van der Waals surface area contributed by atoms with Gasteiger partial charge in [0.05, 0.1) is 18.3 Å². The van der Waals surface area contributed by atoms with E-state index in [1.165, 1.54) is 20.3 Å². The van der Waals surface area contributed by atoms with Gasteiger partial charge in [-0.2, -0.15) is 13.2 Å². The second kappa shape index (κ2) is 7.28. The molecule has 0 saturated carbocycles. The van der Waals surface area contributed by atoms with Gasteiger partial charge in [0, 0.05) is 32.0 Å². The summed E-state index contributed by atoms with van der Waals surface area (Å²) in [6.07, 6.45) is -4.99. The molecule has 5 nitrogen and oxygen atoms in total. The number of rotatable bonds is 6. The maximum atomic E-state index is 12.7. The van der Waals surface area contributed by atoms with E-state index < -0.39 is 23.3 Å². The minimum Gasteiger partial charge on any atom is -0.398 e. The topological polar surface area (TPSA) is 73.6 Å². The maximum Gasteiger partial charge on any atom is 0.418 e. The lowest BCUT2D eigenvalue weighted by molar-refractivity contribution is -0.136. The molecule has 0 heterocycles. The summed E-state index contributed by atoms with van der Waals surface area (Å²) in [7, 11) is 2.92. The minimum absolute atomic E-state index is 0.120. The molecule has 0 bridgehead atoms. The molecule has 8 heteroatoms. The Bertz CT molecular complexity index is 492. The average Bonchev–Trinajstić information content (AvgIpc) is 2.42. The number of hydrogen-bond acceptors (Lipinski definition) is 4. The van der Waals surface area contributed by atoms with E-state index in [2.05, 4.69) is 5.32 Å². The molecule has 1 aromatic rings. The van der Waals surface area contributed by atoms with Crippen molar-refractivity contribution in [3.05, 3.63) is 29.3 Å². The van der Waals surface area contributed by atoms with Gasteiger partial charge in [0.2, 0.25) is 0 Å². The summed E-state index contributed by atoms with van der Waals surface area (Å²) >= 11 is 0. The number of methoxy groups -OCH3 is 2. The molecule has 0 saturated heterocycles. The van der Waals surface area contributed by atoms with E-state index in [-0.39, 0.29) is 24.8 Å². The van der Waals surface area contributed by atoms with Crippen molar-refractivity contribution in [2.45, 2.75) is 12.3 Å². The Morgan fingerprint density at radius 2 is 2.05 bits per heavy atom. The van der Waals surface area contributed by atoms with E-state index in [0.717, 1.165) is 12.1 Å². The van der Waals surface area contributed by atoms with Crippen molar-refractivity contribution >= 4 is 11.6 Å². The van der Waals surface area contributed by atoms with Gasteiger partial charge in [0.25, 0.3) is 5.91 Å². The van der Waals surface area contributed by atoms with Crippen molar-refractivity contribution in [1.82, 2.24) is 5.32 Å². The van der Waals surface area contributed by atoms with Crippen LogP contribution in [-0.4, -0.2) is 39.4 Å². The fraction of sp³-hybridized carbons (Fsp3) is 0.462. The Kier molecular flexibility index (Phi) is 5.98. The van der Waals surface area contributed by atoms with Gasteiger partial charge in [-0.15, -0.1) is 0 Å². The normalized spacial score (nSPS) is 13.0. The van der Waals surface area contributed by atoms with Gasteiger partial charge in [-0.3, -0.25) is 4.79 Å². The number of amides is 1. The van der Waals surface area contributed by atoms with Gasteiger partial charge in [0.15, 0.2) is 0 Å². The lowest BCUT2D eigenvalue weighted by atomic mass is 10.1. The molecule has 1 amide bonds. The largest absolute Gasteiger partial charge is 0.418 e. The van der Waals surface area contributed by atoms with E-state index in [1.807, 2.05) is 0 Å². The Balaban J connectivity index is 2.79. The molecule has 0 aromatic heterocycles. The SMILES string of the molecule is COCC(CNC(=O)c1ccc(N)c(C(F)(F)F)c1)OC. The van der Waals surface area contributed by atoms with Crippen LogP contribution in [0.3, 0.4) is 0 Å². The molecule has 3 N–H and O–H groups in total. The van der Waals surface area contributed by atoms with Crippen LogP contribution in [0.25, 0.3) is 0 Å². The van der Waals surface area contributed by atoms with Crippen LogP contribution in [-0.2, 0) is 15.7 Å². The van der Waals surface area contributed by atoms with Crippen LogP contribution in [0.4, 0.5) is 18.9 Å². The van der Waals surface area contributed by atoms with Crippen molar-refractivity contribution in [3.63, 3.8) is 0 Å². The van der Waals surface area contributed by atoms with Crippen molar-refractivity contribution in [3.8, 4) is 0 Å². The summed E-state index contributed by atoms with van der Waals surface area (Å²) < 4.78 is 48.0. The number of nitrogens with one attached hydrogen (secondary N) is 1. The molecule has 0 fully saturated rings. The lowest BCUT2D eigenvalue weighted by Gasteiger charge is -2.16. The number of nitrogens with two attached hydrogens (primary N) is 1. The zero-order valence-corrected chi connectivity index (χ0v) is 11.7. The number of carbonyl (C=O) groups is 1. The monoisotopic (exact) mass is 306 g/mol. The van der Waals surface area contributed by atoms with Crippen molar-refractivity contribution < 1.29 is 27.4 Å². The molecule has 1 aromatic carbocycles. The molecule has 1 unspecified atom stereocenters. The zero-order chi connectivity index (χ0) is 16.0.